The van der Waals surface area contributed by atoms with E-state index in [0.717, 1.165) is 37.7 Å². The molecule has 1 saturated heterocycles. The van der Waals surface area contributed by atoms with Crippen LogP contribution in [0.4, 0.5) is 4.39 Å². The summed E-state index contributed by atoms with van der Waals surface area (Å²) in [7, 11) is 0. The number of Topliss-reactive ketones (excluding diaryl/α,β-unsaturated/α-hetero) is 1. The van der Waals surface area contributed by atoms with Gasteiger partial charge < -0.3 is 10.0 Å². The molecule has 0 bridgehead atoms. The summed E-state index contributed by atoms with van der Waals surface area (Å²) < 4.78 is 13.5. The highest BCUT2D eigenvalue weighted by Gasteiger charge is 2.49. The first kappa shape index (κ1) is 19.4. The zero-order valence-corrected chi connectivity index (χ0v) is 16.4. The Balaban J connectivity index is 1.85. The van der Waals surface area contributed by atoms with Crippen LogP contribution in [0.3, 0.4) is 0 Å². The first-order valence-corrected chi connectivity index (χ1v) is 10.2. The van der Waals surface area contributed by atoms with Crippen molar-refractivity contribution in [1.82, 2.24) is 4.90 Å². The Kier molecular flexibility index (Phi) is 5.22. The Morgan fingerprint density at radius 3 is 2.24 bits per heavy atom. The van der Waals surface area contributed by atoms with Crippen LogP contribution >= 0.6 is 0 Å². The number of hydrogen-bond donors (Lipinski definition) is 1. The number of halogens is 1. The number of carbonyl (C=O) groups is 2. The number of aliphatic hydroxyl groups excluding tert-OH is 1. The molecule has 1 saturated carbocycles. The van der Waals surface area contributed by atoms with Crippen molar-refractivity contribution in [2.45, 2.75) is 51.1 Å². The van der Waals surface area contributed by atoms with E-state index in [9.17, 15) is 19.1 Å². The van der Waals surface area contributed by atoms with E-state index in [1.54, 1.807) is 29.2 Å². The van der Waals surface area contributed by atoms with Gasteiger partial charge in [-0.15, -0.1) is 0 Å². The lowest BCUT2D eigenvalue weighted by Gasteiger charge is -2.30. The van der Waals surface area contributed by atoms with Gasteiger partial charge in [0.05, 0.1) is 11.6 Å². The Hall–Kier alpha value is -2.95. The second-order valence-electron chi connectivity index (χ2n) is 7.75. The fraction of sp³-hybridized carbons (Fsp3) is 0.333. The molecule has 2 aromatic carbocycles. The van der Waals surface area contributed by atoms with Gasteiger partial charge in [-0.2, -0.15) is 0 Å². The summed E-state index contributed by atoms with van der Waals surface area (Å²) in [4.78, 5) is 27.5. The van der Waals surface area contributed by atoms with Crippen LogP contribution in [0.25, 0.3) is 5.76 Å². The van der Waals surface area contributed by atoms with E-state index in [-0.39, 0.29) is 23.2 Å². The SMILES string of the molecule is CCc1ccc(/C(O)=C2/C(=O)C(=O)N(C3CCCC3)C2c2ccc(F)cc2)cc1. The number of carbonyl (C=O) groups excluding carboxylic acids is 2. The summed E-state index contributed by atoms with van der Waals surface area (Å²) in [5.74, 6) is -1.83. The zero-order chi connectivity index (χ0) is 20.5. The van der Waals surface area contributed by atoms with Gasteiger partial charge in [-0.3, -0.25) is 9.59 Å². The molecule has 4 rings (SSSR count). The molecule has 0 aromatic heterocycles. The maximum atomic E-state index is 13.5. The fourth-order valence-electron chi connectivity index (χ4n) is 4.44. The van der Waals surface area contributed by atoms with Crippen LogP contribution < -0.4 is 0 Å². The number of benzene rings is 2. The molecule has 4 nitrogen and oxygen atoms in total. The van der Waals surface area contributed by atoms with Gasteiger partial charge in [-0.25, -0.2) is 4.39 Å². The summed E-state index contributed by atoms with van der Waals surface area (Å²) in [5.41, 5.74) is 2.32. The van der Waals surface area contributed by atoms with Crippen LogP contribution in [-0.4, -0.2) is 27.7 Å². The van der Waals surface area contributed by atoms with Gasteiger partial charge in [0.25, 0.3) is 11.7 Å². The van der Waals surface area contributed by atoms with Crippen LogP contribution in [-0.2, 0) is 16.0 Å². The largest absolute Gasteiger partial charge is 0.507 e. The highest BCUT2D eigenvalue weighted by Crippen LogP contribution is 2.43. The summed E-state index contributed by atoms with van der Waals surface area (Å²) in [6.45, 7) is 2.04. The fourth-order valence-corrected chi connectivity index (χ4v) is 4.44. The lowest BCUT2D eigenvalue weighted by atomic mass is 9.94. The van der Waals surface area contributed by atoms with Crippen molar-refractivity contribution in [3.05, 3.63) is 76.6 Å². The number of aryl methyl sites for hydroxylation is 1. The minimum absolute atomic E-state index is 0.0470. The molecule has 1 aliphatic heterocycles. The van der Waals surface area contributed by atoms with E-state index in [1.807, 2.05) is 19.1 Å². The number of likely N-dealkylation sites (tertiary alicyclic amines) is 1. The maximum Gasteiger partial charge on any atom is 0.295 e. The normalized spacial score (nSPS) is 21.9. The Morgan fingerprint density at radius 2 is 1.66 bits per heavy atom. The monoisotopic (exact) mass is 393 g/mol. The predicted molar refractivity (Wildman–Crippen MR) is 109 cm³/mol. The minimum Gasteiger partial charge on any atom is -0.507 e. The topological polar surface area (TPSA) is 57.6 Å². The second kappa shape index (κ2) is 7.82. The molecule has 2 fully saturated rings. The molecule has 5 heteroatoms. The van der Waals surface area contributed by atoms with Crippen molar-refractivity contribution in [3.63, 3.8) is 0 Å². The van der Waals surface area contributed by atoms with Gasteiger partial charge in [0, 0.05) is 11.6 Å². The molecule has 1 atom stereocenters. The molecule has 0 radical (unpaired) electrons. The van der Waals surface area contributed by atoms with E-state index in [0.29, 0.717) is 11.1 Å². The molecular weight excluding hydrogens is 369 g/mol. The number of rotatable bonds is 4. The Morgan fingerprint density at radius 1 is 1.03 bits per heavy atom. The van der Waals surface area contributed by atoms with Crippen LogP contribution in [0.1, 0.15) is 55.3 Å². The number of amides is 1. The lowest BCUT2D eigenvalue weighted by molar-refractivity contribution is -0.141. The number of nitrogens with zero attached hydrogens (tertiary/aromatic N) is 1. The quantitative estimate of drug-likeness (QED) is 0.463. The molecule has 1 amide bonds. The van der Waals surface area contributed by atoms with Crippen molar-refractivity contribution in [2.24, 2.45) is 0 Å². The first-order valence-electron chi connectivity index (χ1n) is 10.2. The van der Waals surface area contributed by atoms with Crippen molar-refractivity contribution in [2.75, 3.05) is 0 Å². The summed E-state index contributed by atoms with van der Waals surface area (Å²) in [6.07, 6.45) is 4.53. The predicted octanol–water partition coefficient (Wildman–Crippen LogP) is 4.75. The van der Waals surface area contributed by atoms with Crippen molar-refractivity contribution in [3.8, 4) is 0 Å². The van der Waals surface area contributed by atoms with E-state index < -0.39 is 17.7 Å². The lowest BCUT2D eigenvalue weighted by Crippen LogP contribution is -2.37. The van der Waals surface area contributed by atoms with Gasteiger partial charge in [-0.1, -0.05) is 56.2 Å². The van der Waals surface area contributed by atoms with Crippen LogP contribution in [0.15, 0.2) is 54.1 Å². The molecule has 2 aromatic rings. The Labute approximate surface area is 169 Å². The molecule has 0 spiro atoms. The van der Waals surface area contributed by atoms with Crippen molar-refractivity contribution < 1.29 is 19.1 Å². The third kappa shape index (κ3) is 3.46. The van der Waals surface area contributed by atoms with E-state index in [2.05, 4.69) is 0 Å². The minimum atomic E-state index is -0.704. The van der Waals surface area contributed by atoms with Crippen LogP contribution in [0.2, 0.25) is 0 Å². The molecular formula is C24H24FNO3. The zero-order valence-electron chi connectivity index (χ0n) is 16.4. The van der Waals surface area contributed by atoms with E-state index >= 15 is 0 Å². The maximum absolute atomic E-state index is 13.5. The highest BCUT2D eigenvalue weighted by atomic mass is 19.1. The average molecular weight is 393 g/mol. The third-order valence-corrected chi connectivity index (χ3v) is 6.02. The Bertz CT molecular complexity index is 957. The van der Waals surface area contributed by atoms with Crippen LogP contribution in [0.5, 0.6) is 0 Å². The molecule has 1 heterocycles. The summed E-state index contributed by atoms with van der Waals surface area (Å²) in [6, 6.07) is 12.4. The standard InChI is InChI=1S/C24H24FNO3/c1-2-15-7-9-17(10-8-15)22(27)20-21(16-11-13-18(25)14-12-16)26(24(29)23(20)28)19-5-3-4-6-19/h7-14,19,21,27H,2-6H2,1H3/b22-20-. The van der Waals surface area contributed by atoms with Gasteiger partial charge in [0.15, 0.2) is 0 Å². The molecule has 1 aliphatic carbocycles. The summed E-state index contributed by atoms with van der Waals surface area (Å²) >= 11 is 0. The van der Waals surface area contributed by atoms with Gasteiger partial charge in [-0.05, 0) is 42.5 Å². The van der Waals surface area contributed by atoms with Crippen LogP contribution in [0, 0.1) is 5.82 Å². The molecule has 1 N–H and O–H groups in total. The number of hydrogen-bond acceptors (Lipinski definition) is 3. The van der Waals surface area contributed by atoms with Gasteiger partial charge >= 0.3 is 0 Å². The average Bonchev–Trinajstić information content (AvgIpc) is 3.35. The highest BCUT2D eigenvalue weighted by molar-refractivity contribution is 6.46. The third-order valence-electron chi connectivity index (χ3n) is 6.02. The number of ketones is 1. The van der Waals surface area contributed by atoms with Gasteiger partial charge in [0.2, 0.25) is 0 Å². The van der Waals surface area contributed by atoms with E-state index in [1.165, 1.54) is 12.1 Å². The molecule has 29 heavy (non-hydrogen) atoms. The smallest absolute Gasteiger partial charge is 0.295 e. The van der Waals surface area contributed by atoms with Crippen molar-refractivity contribution >= 4 is 17.4 Å². The van der Waals surface area contributed by atoms with E-state index in [4.69, 9.17) is 0 Å². The number of aliphatic hydroxyl groups is 1. The van der Waals surface area contributed by atoms with Gasteiger partial charge in [0.1, 0.15) is 11.6 Å². The second-order valence-corrected chi connectivity index (χ2v) is 7.75. The van der Waals surface area contributed by atoms with Crippen molar-refractivity contribution in [1.29, 1.82) is 0 Å². The summed E-state index contributed by atoms with van der Waals surface area (Å²) in [5, 5.41) is 11.0. The molecule has 1 unspecified atom stereocenters. The molecule has 2 aliphatic rings. The molecule has 150 valence electrons. The first-order chi connectivity index (χ1) is 14.0.